The van der Waals surface area contributed by atoms with Crippen molar-refractivity contribution in [2.45, 2.75) is 25.8 Å². The first-order valence-electron chi connectivity index (χ1n) is 7.29. The smallest absolute Gasteiger partial charge is 0.259 e. The lowest BCUT2D eigenvalue weighted by molar-refractivity contribution is 0.102. The summed E-state index contributed by atoms with van der Waals surface area (Å²) in [7, 11) is 0. The number of nitrogens with zero attached hydrogens (tertiary/aromatic N) is 2. The Bertz CT molecular complexity index is 798. The third kappa shape index (κ3) is 2.77. The predicted molar refractivity (Wildman–Crippen MR) is 87.8 cm³/mol. The van der Waals surface area contributed by atoms with Gasteiger partial charge in [0, 0.05) is 36.4 Å². The van der Waals surface area contributed by atoms with Crippen LogP contribution >= 0.6 is 11.6 Å². The quantitative estimate of drug-likeness (QED) is 0.667. The van der Waals surface area contributed by atoms with Gasteiger partial charge in [0.05, 0.1) is 16.1 Å². The van der Waals surface area contributed by atoms with Gasteiger partial charge in [-0.25, -0.2) is 4.98 Å². The highest BCUT2D eigenvalue weighted by atomic mass is 35.5. The summed E-state index contributed by atoms with van der Waals surface area (Å²) in [6, 6.07) is 1.49. The molecule has 3 rings (SSSR count). The molecule has 0 aromatic carbocycles. The summed E-state index contributed by atoms with van der Waals surface area (Å²) in [6.07, 6.45) is 7.92. The number of halogens is 1. The van der Waals surface area contributed by atoms with Crippen LogP contribution in [0.15, 0.2) is 18.5 Å². The van der Waals surface area contributed by atoms with Gasteiger partial charge in [-0.1, -0.05) is 11.6 Å². The van der Waals surface area contributed by atoms with Gasteiger partial charge < -0.3 is 15.3 Å². The van der Waals surface area contributed by atoms with Crippen LogP contribution in [0.25, 0.3) is 0 Å². The Kier molecular flexibility index (Phi) is 4.25. The van der Waals surface area contributed by atoms with Crippen molar-refractivity contribution in [3.05, 3.63) is 45.9 Å². The summed E-state index contributed by atoms with van der Waals surface area (Å²) in [4.78, 5) is 27.7. The molecule has 2 aromatic rings. The summed E-state index contributed by atoms with van der Waals surface area (Å²) in [6.45, 7) is 0.846. The van der Waals surface area contributed by atoms with Gasteiger partial charge in [-0.3, -0.25) is 9.59 Å². The minimum atomic E-state index is -0.400. The van der Waals surface area contributed by atoms with Gasteiger partial charge in [0.2, 0.25) is 0 Å². The average molecular weight is 331 g/mol. The van der Waals surface area contributed by atoms with Crippen LogP contribution in [-0.4, -0.2) is 28.0 Å². The molecule has 2 aromatic heterocycles. The van der Waals surface area contributed by atoms with Gasteiger partial charge in [0.25, 0.3) is 5.91 Å². The second kappa shape index (κ2) is 6.34. The van der Waals surface area contributed by atoms with E-state index in [9.17, 15) is 9.59 Å². The maximum atomic E-state index is 12.6. The molecule has 0 aliphatic carbocycles. The second-order valence-corrected chi connectivity index (χ2v) is 5.73. The number of pyridine rings is 1. The zero-order valence-electron chi connectivity index (χ0n) is 12.3. The SMILES string of the molecule is N=Cc1c(C(=O)Nc2nccc(Cl)c2C=O)cn2c1CCCC2. The van der Waals surface area contributed by atoms with E-state index < -0.39 is 5.91 Å². The van der Waals surface area contributed by atoms with Crippen LogP contribution in [0.1, 0.15) is 44.8 Å². The first kappa shape index (κ1) is 15.4. The van der Waals surface area contributed by atoms with Gasteiger partial charge in [0.15, 0.2) is 6.29 Å². The van der Waals surface area contributed by atoms with E-state index >= 15 is 0 Å². The Morgan fingerprint density at radius 2 is 2.22 bits per heavy atom. The lowest BCUT2D eigenvalue weighted by Crippen LogP contribution is -2.15. The molecule has 0 saturated carbocycles. The van der Waals surface area contributed by atoms with Crippen LogP contribution in [0.4, 0.5) is 5.82 Å². The Morgan fingerprint density at radius 1 is 1.39 bits per heavy atom. The van der Waals surface area contributed by atoms with E-state index in [2.05, 4.69) is 10.3 Å². The normalized spacial score (nSPS) is 13.3. The highest BCUT2D eigenvalue weighted by Crippen LogP contribution is 2.25. The molecule has 0 saturated heterocycles. The molecule has 118 valence electrons. The summed E-state index contributed by atoms with van der Waals surface area (Å²) in [5, 5.41) is 10.5. The molecule has 6 nitrogen and oxygen atoms in total. The first-order valence-corrected chi connectivity index (χ1v) is 7.67. The molecule has 0 bridgehead atoms. The fourth-order valence-corrected chi connectivity index (χ4v) is 3.03. The van der Waals surface area contributed by atoms with Crippen molar-refractivity contribution in [2.24, 2.45) is 0 Å². The van der Waals surface area contributed by atoms with E-state index in [1.165, 1.54) is 18.5 Å². The number of carbonyl (C=O) groups is 2. The molecule has 0 atom stereocenters. The van der Waals surface area contributed by atoms with E-state index in [-0.39, 0.29) is 16.4 Å². The van der Waals surface area contributed by atoms with Crippen LogP contribution in [0.3, 0.4) is 0 Å². The number of nitrogens with one attached hydrogen (secondary N) is 2. The van der Waals surface area contributed by atoms with Gasteiger partial charge in [-0.15, -0.1) is 0 Å². The van der Waals surface area contributed by atoms with Crippen molar-refractivity contribution in [3.8, 4) is 0 Å². The molecule has 23 heavy (non-hydrogen) atoms. The molecule has 0 radical (unpaired) electrons. The van der Waals surface area contributed by atoms with Crippen molar-refractivity contribution < 1.29 is 9.59 Å². The number of anilines is 1. The summed E-state index contributed by atoms with van der Waals surface area (Å²) in [5.41, 5.74) is 2.18. The maximum Gasteiger partial charge on any atom is 0.259 e. The van der Waals surface area contributed by atoms with Gasteiger partial charge in [-0.05, 0) is 25.3 Å². The van der Waals surface area contributed by atoms with Crippen LogP contribution in [0, 0.1) is 5.41 Å². The van der Waals surface area contributed by atoms with Crippen molar-refractivity contribution in [1.29, 1.82) is 5.41 Å². The minimum absolute atomic E-state index is 0.123. The fraction of sp³-hybridized carbons (Fsp3) is 0.250. The van der Waals surface area contributed by atoms with Gasteiger partial charge in [0.1, 0.15) is 5.82 Å². The molecular weight excluding hydrogens is 316 g/mol. The van der Waals surface area contributed by atoms with E-state index in [4.69, 9.17) is 17.0 Å². The van der Waals surface area contributed by atoms with Crippen LogP contribution in [-0.2, 0) is 13.0 Å². The summed E-state index contributed by atoms with van der Waals surface area (Å²) < 4.78 is 2.02. The van der Waals surface area contributed by atoms with E-state index in [0.29, 0.717) is 17.4 Å². The number of fused-ring (bicyclic) bond motifs is 1. The molecule has 1 aliphatic rings. The number of aromatic nitrogens is 2. The van der Waals surface area contributed by atoms with Crippen LogP contribution < -0.4 is 5.32 Å². The topological polar surface area (TPSA) is 87.8 Å². The highest BCUT2D eigenvalue weighted by molar-refractivity contribution is 6.33. The second-order valence-electron chi connectivity index (χ2n) is 5.33. The molecular formula is C16H15ClN4O2. The number of aldehydes is 1. The van der Waals surface area contributed by atoms with Gasteiger partial charge >= 0.3 is 0 Å². The molecule has 1 amide bonds. The number of amides is 1. The highest BCUT2D eigenvalue weighted by Gasteiger charge is 2.22. The largest absolute Gasteiger partial charge is 0.350 e. The van der Waals surface area contributed by atoms with Crippen molar-refractivity contribution in [2.75, 3.05) is 5.32 Å². The van der Waals surface area contributed by atoms with E-state index in [0.717, 1.165) is 31.5 Å². The average Bonchev–Trinajstić information content (AvgIpc) is 2.93. The monoisotopic (exact) mass is 330 g/mol. The van der Waals surface area contributed by atoms with Gasteiger partial charge in [-0.2, -0.15) is 0 Å². The maximum absolute atomic E-state index is 12.6. The first-order chi connectivity index (χ1) is 11.2. The molecule has 0 spiro atoms. The van der Waals surface area contributed by atoms with Crippen molar-refractivity contribution in [3.63, 3.8) is 0 Å². The zero-order chi connectivity index (χ0) is 16.4. The lowest BCUT2D eigenvalue weighted by atomic mass is 10.0. The molecule has 3 heterocycles. The Balaban J connectivity index is 1.96. The Labute approximate surface area is 138 Å². The third-order valence-electron chi connectivity index (χ3n) is 3.97. The minimum Gasteiger partial charge on any atom is -0.350 e. The number of hydrogen-bond donors (Lipinski definition) is 2. The number of hydrogen-bond acceptors (Lipinski definition) is 4. The summed E-state index contributed by atoms with van der Waals surface area (Å²) >= 11 is 5.94. The summed E-state index contributed by atoms with van der Waals surface area (Å²) in [5.74, 6) is -0.277. The molecule has 1 aliphatic heterocycles. The van der Waals surface area contributed by atoms with E-state index in [1.807, 2.05) is 4.57 Å². The molecule has 7 heteroatoms. The fourth-order valence-electron chi connectivity index (χ4n) is 2.84. The number of rotatable bonds is 4. The Hall–Kier alpha value is -2.47. The lowest BCUT2D eigenvalue weighted by Gasteiger charge is -2.15. The zero-order valence-corrected chi connectivity index (χ0v) is 13.1. The predicted octanol–water partition coefficient (Wildman–Crippen LogP) is 2.94. The van der Waals surface area contributed by atoms with Crippen molar-refractivity contribution in [1.82, 2.24) is 9.55 Å². The van der Waals surface area contributed by atoms with Crippen LogP contribution in [0.5, 0.6) is 0 Å². The Morgan fingerprint density at radius 3 is 2.96 bits per heavy atom. The standard InChI is InChI=1S/C16H15ClN4O2/c17-13-4-5-19-15(12(13)9-22)20-16(23)11-8-21-6-2-1-3-14(21)10(11)7-18/h4-5,7-9,18H,1-3,6H2,(H,19,20,23). The van der Waals surface area contributed by atoms with Crippen molar-refractivity contribution >= 4 is 35.8 Å². The molecule has 2 N–H and O–H groups in total. The molecule has 0 fully saturated rings. The number of carbonyl (C=O) groups excluding carboxylic acids is 2. The third-order valence-corrected chi connectivity index (χ3v) is 4.30. The van der Waals surface area contributed by atoms with Crippen LogP contribution in [0.2, 0.25) is 5.02 Å². The number of aryl methyl sites for hydroxylation is 1. The molecule has 0 unspecified atom stereocenters. The van der Waals surface area contributed by atoms with E-state index in [1.54, 1.807) is 6.20 Å².